The van der Waals surface area contributed by atoms with Crippen LogP contribution in [0.5, 0.6) is 0 Å². The number of rotatable bonds is 12. The summed E-state index contributed by atoms with van der Waals surface area (Å²) in [7, 11) is 0. The molecule has 9 nitrogen and oxygen atoms in total. The third-order valence-electron chi connectivity index (χ3n) is 6.89. The maximum Gasteiger partial charge on any atom is 0.269 e. The van der Waals surface area contributed by atoms with Crippen molar-refractivity contribution in [3.63, 3.8) is 0 Å². The minimum absolute atomic E-state index is 0.0339. The zero-order valence-electron chi connectivity index (χ0n) is 22.9. The van der Waals surface area contributed by atoms with E-state index in [1.165, 1.54) is 35.2 Å². The van der Waals surface area contributed by atoms with Crippen molar-refractivity contribution in [3.05, 3.63) is 104 Å². The number of non-ortho nitro benzene ring substituents is 1. The van der Waals surface area contributed by atoms with Crippen LogP contribution in [0.1, 0.15) is 21.6 Å². The predicted molar refractivity (Wildman–Crippen MR) is 156 cm³/mol. The molecule has 1 aliphatic heterocycles. The van der Waals surface area contributed by atoms with Gasteiger partial charge in [0.05, 0.1) is 24.7 Å². The number of ether oxygens (including phenoxy) is 1. The van der Waals surface area contributed by atoms with E-state index in [0.717, 1.165) is 29.1 Å². The van der Waals surface area contributed by atoms with E-state index in [1.54, 1.807) is 46.6 Å². The van der Waals surface area contributed by atoms with Crippen molar-refractivity contribution in [3.8, 4) is 0 Å². The minimum Gasteiger partial charge on any atom is -0.379 e. The minimum atomic E-state index is -0.479. The maximum absolute atomic E-state index is 13.7. The first kappa shape index (κ1) is 30.0. The molecule has 0 bridgehead atoms. The fourth-order valence-corrected chi connectivity index (χ4v) is 5.30. The van der Waals surface area contributed by atoms with E-state index in [-0.39, 0.29) is 36.4 Å². The van der Waals surface area contributed by atoms with Crippen LogP contribution in [0, 0.1) is 22.9 Å². The van der Waals surface area contributed by atoms with Crippen LogP contribution >= 0.6 is 11.3 Å². The Balaban J connectivity index is 1.51. The smallest absolute Gasteiger partial charge is 0.269 e. The molecule has 2 amide bonds. The van der Waals surface area contributed by atoms with Gasteiger partial charge in [0.1, 0.15) is 12.4 Å². The molecule has 3 aromatic rings. The van der Waals surface area contributed by atoms with Gasteiger partial charge in [0, 0.05) is 55.8 Å². The lowest BCUT2D eigenvalue weighted by molar-refractivity contribution is -0.384. The number of amides is 2. The number of carbonyl (C=O) groups excluding carboxylic acids is 2. The van der Waals surface area contributed by atoms with Crippen molar-refractivity contribution in [2.75, 3.05) is 45.9 Å². The van der Waals surface area contributed by atoms with Gasteiger partial charge >= 0.3 is 0 Å². The number of hydrogen-bond donors (Lipinski definition) is 0. The number of benzene rings is 2. The largest absolute Gasteiger partial charge is 0.379 e. The van der Waals surface area contributed by atoms with Gasteiger partial charge in [-0.25, -0.2) is 4.39 Å². The summed E-state index contributed by atoms with van der Waals surface area (Å²) in [4.78, 5) is 44.0. The Labute approximate surface area is 242 Å². The summed E-state index contributed by atoms with van der Waals surface area (Å²) < 4.78 is 18.9. The van der Waals surface area contributed by atoms with E-state index >= 15 is 0 Å². The second-order valence-electron chi connectivity index (χ2n) is 9.80. The van der Waals surface area contributed by atoms with Crippen LogP contribution in [0.3, 0.4) is 0 Å². The lowest BCUT2D eigenvalue weighted by atomic mass is 10.2. The highest BCUT2D eigenvalue weighted by atomic mass is 32.1. The normalized spacial score (nSPS) is 13.8. The zero-order valence-corrected chi connectivity index (χ0v) is 23.7. The first-order valence-electron chi connectivity index (χ1n) is 13.4. The fourth-order valence-electron chi connectivity index (χ4n) is 4.38. The summed E-state index contributed by atoms with van der Waals surface area (Å²) in [6.45, 7) is 6.22. The molecule has 11 heteroatoms. The van der Waals surface area contributed by atoms with Gasteiger partial charge in [-0.3, -0.25) is 24.6 Å². The highest BCUT2D eigenvalue weighted by Crippen LogP contribution is 2.20. The Morgan fingerprint density at radius 3 is 2.39 bits per heavy atom. The van der Waals surface area contributed by atoms with Gasteiger partial charge in [0.15, 0.2) is 0 Å². The van der Waals surface area contributed by atoms with E-state index < -0.39 is 4.92 Å². The number of nitro groups is 1. The molecule has 216 valence electrons. The molecular formula is C30H33FN4O5S. The molecule has 1 aromatic heterocycles. The van der Waals surface area contributed by atoms with Crippen molar-refractivity contribution in [2.24, 2.45) is 0 Å². The molecule has 41 heavy (non-hydrogen) atoms. The number of halogens is 1. The first-order chi connectivity index (χ1) is 19.8. The molecule has 0 unspecified atom stereocenters. The van der Waals surface area contributed by atoms with Crippen molar-refractivity contribution < 1.29 is 23.6 Å². The highest BCUT2D eigenvalue weighted by molar-refractivity contribution is 7.10. The van der Waals surface area contributed by atoms with Crippen LogP contribution < -0.4 is 0 Å². The average molecular weight is 581 g/mol. The zero-order chi connectivity index (χ0) is 29.2. The number of aryl methyl sites for hydroxylation is 1. The van der Waals surface area contributed by atoms with Gasteiger partial charge in [-0.15, -0.1) is 11.3 Å². The summed E-state index contributed by atoms with van der Waals surface area (Å²) in [5.41, 5.74) is 2.47. The van der Waals surface area contributed by atoms with Crippen molar-refractivity contribution in [1.82, 2.24) is 14.7 Å². The lowest BCUT2D eigenvalue weighted by Crippen LogP contribution is -2.46. The molecule has 0 N–H and O–H groups in total. The molecule has 2 aromatic carbocycles. The van der Waals surface area contributed by atoms with Crippen molar-refractivity contribution in [2.45, 2.75) is 20.0 Å². The van der Waals surface area contributed by atoms with Gasteiger partial charge < -0.3 is 14.5 Å². The van der Waals surface area contributed by atoms with Crippen LogP contribution in [-0.2, 0) is 27.4 Å². The average Bonchev–Trinajstić information content (AvgIpc) is 3.39. The number of carbonyl (C=O) groups is 2. The van der Waals surface area contributed by atoms with Crippen LogP contribution in [0.25, 0.3) is 6.08 Å². The molecule has 0 aliphatic carbocycles. The Hall–Kier alpha value is -3.93. The molecule has 2 heterocycles. The number of hydrogen-bond acceptors (Lipinski definition) is 7. The summed E-state index contributed by atoms with van der Waals surface area (Å²) in [5, 5.41) is 12.9. The van der Waals surface area contributed by atoms with Crippen LogP contribution in [0.4, 0.5) is 10.1 Å². The van der Waals surface area contributed by atoms with Crippen LogP contribution in [0.15, 0.2) is 66.1 Å². The quantitative estimate of drug-likeness (QED) is 0.178. The summed E-state index contributed by atoms with van der Waals surface area (Å²) in [6.07, 6.45) is 2.98. The fraction of sp³-hybridized carbons (Fsp3) is 0.333. The monoisotopic (exact) mass is 580 g/mol. The van der Waals surface area contributed by atoms with Crippen molar-refractivity contribution >= 4 is 34.9 Å². The van der Waals surface area contributed by atoms with Crippen LogP contribution in [0.2, 0.25) is 0 Å². The Morgan fingerprint density at radius 2 is 1.76 bits per heavy atom. The molecule has 1 saturated heterocycles. The van der Waals surface area contributed by atoms with Gasteiger partial charge in [0.2, 0.25) is 11.8 Å². The van der Waals surface area contributed by atoms with Gasteiger partial charge in [0.25, 0.3) is 5.69 Å². The van der Waals surface area contributed by atoms with E-state index in [2.05, 4.69) is 4.90 Å². The molecule has 4 rings (SSSR count). The number of nitrogens with zero attached hydrogens (tertiary/aromatic N) is 4. The first-order valence-corrected chi connectivity index (χ1v) is 14.2. The van der Waals surface area contributed by atoms with Gasteiger partial charge in [-0.1, -0.05) is 12.1 Å². The summed E-state index contributed by atoms with van der Waals surface area (Å²) in [5.74, 6) is -0.902. The molecule has 1 aliphatic rings. The summed E-state index contributed by atoms with van der Waals surface area (Å²) in [6, 6.07) is 14.0. The van der Waals surface area contributed by atoms with Gasteiger partial charge in [-0.05, 0) is 65.4 Å². The molecule has 0 radical (unpaired) electrons. The second kappa shape index (κ2) is 14.6. The van der Waals surface area contributed by atoms with Gasteiger partial charge in [-0.2, -0.15) is 0 Å². The molecule has 1 fully saturated rings. The Bertz CT molecular complexity index is 1350. The highest BCUT2D eigenvalue weighted by Gasteiger charge is 2.23. The van der Waals surface area contributed by atoms with E-state index in [0.29, 0.717) is 38.4 Å². The van der Waals surface area contributed by atoms with Crippen molar-refractivity contribution in [1.29, 1.82) is 0 Å². The SMILES string of the molecule is Cc1ccsc1CN(Cc1ccc(F)cc1)C(=O)CN(CCN1CCOCC1)C(=O)C=Cc1ccc([N+](=O)[O-])cc1. The summed E-state index contributed by atoms with van der Waals surface area (Å²) >= 11 is 1.56. The Kier molecular flexibility index (Phi) is 10.7. The maximum atomic E-state index is 13.7. The number of nitro benzene ring substituents is 1. The third-order valence-corrected chi connectivity index (χ3v) is 7.90. The van der Waals surface area contributed by atoms with E-state index in [9.17, 15) is 24.1 Å². The standard InChI is InChI=1S/C30H33FN4O5S/c1-23-12-19-41-28(23)21-34(20-25-2-7-26(31)8-3-25)30(37)22-33(14-13-32-15-17-40-18-16-32)29(36)11-6-24-4-9-27(10-5-24)35(38)39/h2-12,19H,13-18,20-22H2,1H3. The lowest BCUT2D eigenvalue weighted by Gasteiger charge is -2.31. The second-order valence-corrected chi connectivity index (χ2v) is 10.8. The molecular weight excluding hydrogens is 547 g/mol. The number of thiophene rings is 1. The molecule has 0 saturated carbocycles. The topological polar surface area (TPSA) is 96.2 Å². The van der Waals surface area contributed by atoms with E-state index in [4.69, 9.17) is 4.74 Å². The van der Waals surface area contributed by atoms with Crippen LogP contribution in [-0.4, -0.2) is 77.4 Å². The number of morpholine rings is 1. The van der Waals surface area contributed by atoms with E-state index in [1.807, 2.05) is 18.4 Å². The third kappa shape index (κ3) is 9.04. The molecule has 0 atom stereocenters. The molecule has 0 spiro atoms. The Morgan fingerprint density at radius 1 is 1.05 bits per heavy atom. The predicted octanol–water partition coefficient (Wildman–Crippen LogP) is 4.51.